The van der Waals surface area contributed by atoms with Crippen molar-refractivity contribution in [2.24, 2.45) is 5.10 Å². The molecule has 1 heterocycles. The van der Waals surface area contributed by atoms with E-state index in [1.54, 1.807) is 24.3 Å². The molecule has 27 heavy (non-hydrogen) atoms. The summed E-state index contributed by atoms with van der Waals surface area (Å²) >= 11 is 0. The van der Waals surface area contributed by atoms with Crippen molar-refractivity contribution in [3.8, 4) is 5.75 Å². The molecule has 0 unspecified atom stereocenters. The van der Waals surface area contributed by atoms with Gasteiger partial charge in [0, 0.05) is 17.0 Å². The number of alkyl halides is 3. The first-order chi connectivity index (χ1) is 12.8. The van der Waals surface area contributed by atoms with E-state index in [1.807, 2.05) is 0 Å². The van der Waals surface area contributed by atoms with E-state index in [0.29, 0.717) is 16.5 Å². The molecule has 0 radical (unpaired) electrons. The standard InChI is InChI=1S/C18H11F3N2O4/c19-18(20,21)27-14-5-2-12(3-6-14)17(25)23-22-10-11-1-7-15-13(9-11)4-8-16(24)26-15/h1-10H,(H,23,25)/b22-10+. The molecule has 9 heteroatoms. The van der Waals surface area contributed by atoms with Crippen LogP contribution in [0.2, 0.25) is 0 Å². The Balaban J connectivity index is 1.64. The van der Waals surface area contributed by atoms with Crippen LogP contribution in [0.4, 0.5) is 13.2 Å². The second-order valence-electron chi connectivity index (χ2n) is 5.32. The van der Waals surface area contributed by atoms with Crippen LogP contribution in [0, 0.1) is 0 Å². The monoisotopic (exact) mass is 376 g/mol. The van der Waals surface area contributed by atoms with Gasteiger partial charge in [0.1, 0.15) is 11.3 Å². The maximum atomic E-state index is 12.1. The number of benzene rings is 2. The van der Waals surface area contributed by atoms with E-state index in [4.69, 9.17) is 4.42 Å². The normalized spacial score (nSPS) is 11.7. The van der Waals surface area contributed by atoms with Crippen LogP contribution in [-0.2, 0) is 0 Å². The molecule has 0 saturated heterocycles. The molecule has 1 N–H and O–H groups in total. The van der Waals surface area contributed by atoms with Crippen LogP contribution in [0.5, 0.6) is 5.75 Å². The Labute approximate surface area is 149 Å². The fourth-order valence-electron chi connectivity index (χ4n) is 2.21. The highest BCUT2D eigenvalue weighted by Crippen LogP contribution is 2.22. The van der Waals surface area contributed by atoms with Crippen molar-refractivity contribution < 1.29 is 27.1 Å². The third-order valence-electron chi connectivity index (χ3n) is 3.37. The van der Waals surface area contributed by atoms with E-state index < -0.39 is 23.6 Å². The van der Waals surface area contributed by atoms with Gasteiger partial charge in [0.25, 0.3) is 5.91 Å². The van der Waals surface area contributed by atoms with Crippen LogP contribution in [-0.4, -0.2) is 18.5 Å². The SMILES string of the molecule is O=C(N/N=C/c1ccc2oc(=O)ccc2c1)c1ccc(OC(F)(F)F)cc1. The number of fused-ring (bicyclic) bond motifs is 1. The molecule has 0 fully saturated rings. The number of nitrogens with zero attached hydrogens (tertiary/aromatic N) is 1. The second-order valence-corrected chi connectivity index (χ2v) is 5.32. The predicted molar refractivity (Wildman–Crippen MR) is 90.7 cm³/mol. The van der Waals surface area contributed by atoms with Crippen molar-refractivity contribution in [3.63, 3.8) is 0 Å². The van der Waals surface area contributed by atoms with E-state index in [-0.39, 0.29) is 5.56 Å². The number of hydrogen-bond donors (Lipinski definition) is 1. The van der Waals surface area contributed by atoms with Gasteiger partial charge in [-0.3, -0.25) is 4.79 Å². The van der Waals surface area contributed by atoms with Crippen LogP contribution in [0.25, 0.3) is 11.0 Å². The predicted octanol–water partition coefficient (Wildman–Crippen LogP) is 3.46. The maximum Gasteiger partial charge on any atom is 0.573 e. The largest absolute Gasteiger partial charge is 0.573 e. The molecule has 0 aliphatic heterocycles. The number of hydrogen-bond acceptors (Lipinski definition) is 5. The van der Waals surface area contributed by atoms with Gasteiger partial charge in [0.05, 0.1) is 6.21 Å². The van der Waals surface area contributed by atoms with Gasteiger partial charge in [-0.25, -0.2) is 10.2 Å². The molecule has 6 nitrogen and oxygen atoms in total. The lowest BCUT2D eigenvalue weighted by molar-refractivity contribution is -0.274. The molecule has 0 aliphatic carbocycles. The lowest BCUT2D eigenvalue weighted by atomic mass is 10.1. The fraction of sp³-hybridized carbons (Fsp3) is 0.0556. The third-order valence-corrected chi connectivity index (χ3v) is 3.37. The first kappa shape index (κ1) is 18.2. The number of rotatable bonds is 4. The van der Waals surface area contributed by atoms with Crippen LogP contribution >= 0.6 is 0 Å². The Bertz CT molecular complexity index is 1060. The third kappa shape index (κ3) is 4.94. The molecule has 0 spiro atoms. The van der Waals surface area contributed by atoms with Crippen LogP contribution < -0.4 is 15.8 Å². The van der Waals surface area contributed by atoms with Gasteiger partial charge in [-0.1, -0.05) is 0 Å². The summed E-state index contributed by atoms with van der Waals surface area (Å²) in [4.78, 5) is 23.1. The number of hydrazone groups is 1. The Hall–Kier alpha value is -3.62. The molecule has 0 saturated carbocycles. The molecule has 138 valence electrons. The van der Waals surface area contributed by atoms with Gasteiger partial charge in [-0.2, -0.15) is 5.10 Å². The first-order valence-electron chi connectivity index (χ1n) is 7.53. The van der Waals surface area contributed by atoms with Crippen molar-refractivity contribution in [2.75, 3.05) is 0 Å². The number of nitrogens with one attached hydrogen (secondary N) is 1. The highest BCUT2D eigenvalue weighted by Gasteiger charge is 2.31. The average Bonchev–Trinajstić information content (AvgIpc) is 2.61. The zero-order valence-corrected chi connectivity index (χ0v) is 13.5. The zero-order valence-electron chi connectivity index (χ0n) is 13.5. The number of ether oxygens (including phenoxy) is 1. The Morgan fingerprint density at radius 3 is 2.52 bits per heavy atom. The zero-order chi connectivity index (χ0) is 19.4. The lowest BCUT2D eigenvalue weighted by Crippen LogP contribution is -2.19. The van der Waals surface area contributed by atoms with E-state index >= 15 is 0 Å². The Morgan fingerprint density at radius 1 is 1.07 bits per heavy atom. The summed E-state index contributed by atoms with van der Waals surface area (Å²) in [5.74, 6) is -1.03. The minimum absolute atomic E-state index is 0.113. The van der Waals surface area contributed by atoms with E-state index in [2.05, 4.69) is 15.3 Å². The van der Waals surface area contributed by atoms with E-state index in [9.17, 15) is 22.8 Å². The highest BCUT2D eigenvalue weighted by molar-refractivity contribution is 5.95. The van der Waals surface area contributed by atoms with Crippen LogP contribution in [0.1, 0.15) is 15.9 Å². The van der Waals surface area contributed by atoms with Gasteiger partial charge in [-0.15, -0.1) is 13.2 Å². The Kier molecular flexibility index (Phi) is 4.93. The average molecular weight is 376 g/mol. The van der Waals surface area contributed by atoms with Crippen molar-refractivity contribution in [1.82, 2.24) is 5.43 Å². The molecule has 0 aliphatic rings. The van der Waals surface area contributed by atoms with Gasteiger partial charge in [0.2, 0.25) is 0 Å². The number of amides is 1. The van der Waals surface area contributed by atoms with Gasteiger partial charge < -0.3 is 9.15 Å². The van der Waals surface area contributed by atoms with Gasteiger partial charge in [-0.05, 0) is 54.1 Å². The maximum absolute atomic E-state index is 12.1. The fourth-order valence-corrected chi connectivity index (χ4v) is 2.21. The molecule has 3 rings (SSSR count). The minimum atomic E-state index is -4.80. The first-order valence-corrected chi connectivity index (χ1v) is 7.53. The highest BCUT2D eigenvalue weighted by atomic mass is 19.4. The Morgan fingerprint density at radius 2 is 1.81 bits per heavy atom. The number of carbonyl (C=O) groups excluding carboxylic acids is 1. The smallest absolute Gasteiger partial charge is 0.423 e. The molecular weight excluding hydrogens is 365 g/mol. The topological polar surface area (TPSA) is 80.9 Å². The molecular formula is C18H11F3N2O4. The van der Waals surface area contributed by atoms with E-state index in [1.165, 1.54) is 24.4 Å². The molecule has 1 aromatic heterocycles. The van der Waals surface area contributed by atoms with Crippen molar-refractivity contribution >= 4 is 23.1 Å². The van der Waals surface area contributed by atoms with Crippen molar-refractivity contribution in [2.45, 2.75) is 6.36 Å². The molecule has 0 atom stereocenters. The summed E-state index contributed by atoms with van der Waals surface area (Å²) < 4.78 is 45.0. The summed E-state index contributed by atoms with van der Waals surface area (Å²) in [6.45, 7) is 0. The van der Waals surface area contributed by atoms with Gasteiger partial charge in [0.15, 0.2) is 0 Å². The van der Waals surface area contributed by atoms with Crippen LogP contribution in [0.3, 0.4) is 0 Å². The van der Waals surface area contributed by atoms with E-state index in [0.717, 1.165) is 12.1 Å². The molecule has 1 amide bonds. The van der Waals surface area contributed by atoms with Crippen molar-refractivity contribution in [3.05, 3.63) is 76.1 Å². The molecule has 2 aromatic carbocycles. The lowest BCUT2D eigenvalue weighted by Gasteiger charge is -2.08. The number of carbonyl (C=O) groups is 1. The van der Waals surface area contributed by atoms with Crippen molar-refractivity contribution in [1.29, 1.82) is 0 Å². The summed E-state index contributed by atoms with van der Waals surface area (Å²) in [5.41, 5.74) is 2.99. The summed E-state index contributed by atoms with van der Waals surface area (Å²) in [6.07, 6.45) is -3.42. The quantitative estimate of drug-likeness (QED) is 0.430. The summed E-state index contributed by atoms with van der Waals surface area (Å²) in [6, 6.07) is 12.3. The van der Waals surface area contributed by atoms with Gasteiger partial charge >= 0.3 is 12.0 Å². The second kappa shape index (κ2) is 7.32. The summed E-state index contributed by atoms with van der Waals surface area (Å²) in [5, 5.41) is 4.48. The summed E-state index contributed by atoms with van der Waals surface area (Å²) in [7, 11) is 0. The van der Waals surface area contributed by atoms with Crippen LogP contribution in [0.15, 0.2) is 68.9 Å². The molecule has 0 bridgehead atoms. The minimum Gasteiger partial charge on any atom is -0.423 e. The number of halogens is 3. The molecule has 3 aromatic rings.